The monoisotopic (exact) mass is 441 g/mol. The van der Waals surface area contributed by atoms with Crippen molar-refractivity contribution in [1.82, 2.24) is 10.9 Å². The van der Waals surface area contributed by atoms with Crippen LogP contribution < -0.4 is 15.6 Å². The van der Waals surface area contributed by atoms with Crippen molar-refractivity contribution in [3.8, 4) is 0 Å². The number of sulfonamides is 1. The van der Waals surface area contributed by atoms with Crippen molar-refractivity contribution in [2.75, 3.05) is 4.72 Å². The highest BCUT2D eigenvalue weighted by molar-refractivity contribution is 7.92. The fraction of sp³-hybridized carbons (Fsp3) is 0.263. The van der Waals surface area contributed by atoms with Gasteiger partial charge >= 0.3 is 6.18 Å². The van der Waals surface area contributed by atoms with Crippen molar-refractivity contribution >= 4 is 27.5 Å². The standard InChI is InChI=1S/C19H18F3N3O4S/c1-11-8-16(11)18(27)24-23-17(26)12-4-2-7-15(9-12)30(28,29)25-14-6-3-5-13(10-14)19(20,21)22/h2-7,9-11,16,25H,8H2,1H3,(H,23,26)(H,24,27). The van der Waals surface area contributed by atoms with Gasteiger partial charge in [-0.05, 0) is 48.7 Å². The highest BCUT2D eigenvalue weighted by atomic mass is 32.2. The Morgan fingerprint density at radius 3 is 2.33 bits per heavy atom. The number of hydrogen-bond donors (Lipinski definition) is 3. The van der Waals surface area contributed by atoms with E-state index in [1.54, 1.807) is 0 Å². The van der Waals surface area contributed by atoms with E-state index in [9.17, 15) is 31.2 Å². The van der Waals surface area contributed by atoms with Gasteiger partial charge in [-0.15, -0.1) is 0 Å². The summed E-state index contributed by atoms with van der Waals surface area (Å²) in [6.07, 6.45) is -3.89. The summed E-state index contributed by atoms with van der Waals surface area (Å²) in [7, 11) is -4.26. The first-order valence-corrected chi connectivity index (χ1v) is 10.4. The SMILES string of the molecule is CC1CC1C(=O)NNC(=O)c1cccc(S(=O)(=O)Nc2cccc(C(F)(F)F)c2)c1. The molecule has 160 valence electrons. The average molecular weight is 441 g/mol. The van der Waals surface area contributed by atoms with Crippen LogP contribution in [-0.2, 0) is 21.0 Å². The minimum absolute atomic E-state index is 0.0499. The molecule has 0 aromatic heterocycles. The highest BCUT2D eigenvalue weighted by Gasteiger charge is 2.39. The topological polar surface area (TPSA) is 104 Å². The van der Waals surface area contributed by atoms with Crippen molar-refractivity contribution in [2.24, 2.45) is 11.8 Å². The van der Waals surface area contributed by atoms with Gasteiger partial charge < -0.3 is 0 Å². The molecule has 30 heavy (non-hydrogen) atoms. The molecule has 1 aliphatic carbocycles. The van der Waals surface area contributed by atoms with E-state index in [4.69, 9.17) is 0 Å². The van der Waals surface area contributed by atoms with Crippen LogP contribution in [0.2, 0.25) is 0 Å². The number of rotatable bonds is 5. The number of anilines is 1. The first-order valence-electron chi connectivity index (χ1n) is 8.88. The molecule has 2 aromatic rings. The highest BCUT2D eigenvalue weighted by Crippen LogP contribution is 2.37. The number of nitrogens with one attached hydrogen (secondary N) is 3. The van der Waals surface area contributed by atoms with Crippen LogP contribution in [0, 0.1) is 11.8 Å². The molecule has 1 saturated carbocycles. The van der Waals surface area contributed by atoms with Crippen molar-refractivity contribution in [2.45, 2.75) is 24.4 Å². The smallest absolute Gasteiger partial charge is 0.280 e. The zero-order chi connectivity index (χ0) is 22.1. The fourth-order valence-electron chi connectivity index (χ4n) is 2.75. The minimum Gasteiger partial charge on any atom is -0.280 e. The van der Waals surface area contributed by atoms with E-state index in [1.807, 2.05) is 6.92 Å². The van der Waals surface area contributed by atoms with Gasteiger partial charge in [0.1, 0.15) is 0 Å². The van der Waals surface area contributed by atoms with E-state index in [1.165, 1.54) is 24.3 Å². The Balaban J connectivity index is 1.72. The van der Waals surface area contributed by atoms with Crippen LogP contribution >= 0.6 is 0 Å². The summed E-state index contributed by atoms with van der Waals surface area (Å²) in [4.78, 5) is 23.6. The third-order valence-electron chi connectivity index (χ3n) is 4.59. The lowest BCUT2D eigenvalue weighted by Crippen LogP contribution is -2.42. The van der Waals surface area contributed by atoms with Crippen molar-refractivity contribution in [3.63, 3.8) is 0 Å². The quantitative estimate of drug-likeness (QED) is 0.621. The number of hydrazine groups is 1. The van der Waals surface area contributed by atoms with Crippen LogP contribution in [0.5, 0.6) is 0 Å². The van der Waals surface area contributed by atoms with Gasteiger partial charge in [-0.25, -0.2) is 8.42 Å². The Hall–Kier alpha value is -3.08. The van der Waals surface area contributed by atoms with E-state index in [2.05, 4.69) is 15.6 Å². The number of halogens is 3. The fourth-order valence-corrected chi connectivity index (χ4v) is 3.84. The first kappa shape index (κ1) is 21.6. The maximum absolute atomic E-state index is 12.8. The lowest BCUT2D eigenvalue weighted by molar-refractivity contribution is -0.137. The van der Waals surface area contributed by atoms with Crippen LogP contribution in [0.25, 0.3) is 0 Å². The van der Waals surface area contributed by atoms with Crippen LogP contribution in [0.15, 0.2) is 53.4 Å². The van der Waals surface area contributed by atoms with Crippen molar-refractivity contribution in [1.29, 1.82) is 0 Å². The molecular formula is C19H18F3N3O4S. The number of alkyl halides is 3. The van der Waals surface area contributed by atoms with Gasteiger partial charge in [0, 0.05) is 17.2 Å². The molecule has 2 amide bonds. The number of carbonyl (C=O) groups is 2. The summed E-state index contributed by atoms with van der Waals surface area (Å²) in [5.41, 5.74) is 3.17. The van der Waals surface area contributed by atoms with E-state index < -0.39 is 27.7 Å². The minimum atomic E-state index is -4.62. The third kappa shape index (κ3) is 5.09. The zero-order valence-electron chi connectivity index (χ0n) is 15.7. The first-order chi connectivity index (χ1) is 14.0. The number of hydrogen-bond acceptors (Lipinski definition) is 4. The van der Waals surface area contributed by atoms with Gasteiger partial charge in [-0.3, -0.25) is 25.2 Å². The van der Waals surface area contributed by atoms with Gasteiger partial charge in [0.05, 0.1) is 10.5 Å². The molecule has 0 spiro atoms. The molecule has 1 aliphatic rings. The van der Waals surface area contributed by atoms with Crippen molar-refractivity contribution < 1.29 is 31.2 Å². The number of carbonyl (C=O) groups excluding carboxylic acids is 2. The lowest BCUT2D eigenvalue weighted by atomic mass is 10.2. The van der Waals surface area contributed by atoms with E-state index in [-0.39, 0.29) is 33.9 Å². The molecule has 2 unspecified atom stereocenters. The van der Waals surface area contributed by atoms with Crippen LogP contribution in [0.1, 0.15) is 29.3 Å². The zero-order valence-corrected chi connectivity index (χ0v) is 16.5. The normalized spacial score (nSPS) is 18.4. The second-order valence-electron chi connectivity index (χ2n) is 6.97. The van der Waals surface area contributed by atoms with Gasteiger partial charge in [0.15, 0.2) is 0 Å². The summed E-state index contributed by atoms with van der Waals surface area (Å²) < 4.78 is 65.6. The molecule has 0 saturated heterocycles. The maximum Gasteiger partial charge on any atom is 0.416 e. The molecule has 3 rings (SSSR count). The van der Waals surface area contributed by atoms with Gasteiger partial charge in [0.2, 0.25) is 5.91 Å². The summed E-state index contributed by atoms with van der Waals surface area (Å²) in [6, 6.07) is 8.63. The molecule has 1 fully saturated rings. The Labute approximate surface area is 170 Å². The van der Waals surface area contributed by atoms with Crippen LogP contribution in [0.4, 0.5) is 18.9 Å². The van der Waals surface area contributed by atoms with Gasteiger partial charge in [0.25, 0.3) is 15.9 Å². The molecule has 3 N–H and O–H groups in total. The summed E-state index contributed by atoms with van der Waals surface area (Å²) in [6.45, 7) is 1.90. The summed E-state index contributed by atoms with van der Waals surface area (Å²) in [5, 5.41) is 0. The average Bonchev–Trinajstić information content (AvgIpc) is 3.42. The molecule has 2 aromatic carbocycles. The van der Waals surface area contributed by atoms with Crippen molar-refractivity contribution in [3.05, 3.63) is 59.7 Å². The lowest BCUT2D eigenvalue weighted by Gasteiger charge is -2.12. The molecule has 0 radical (unpaired) electrons. The van der Waals surface area contributed by atoms with Gasteiger partial charge in [-0.1, -0.05) is 19.1 Å². The predicted octanol–water partition coefficient (Wildman–Crippen LogP) is 2.92. The Morgan fingerprint density at radius 1 is 1.03 bits per heavy atom. The van der Waals surface area contributed by atoms with Gasteiger partial charge in [-0.2, -0.15) is 13.2 Å². The third-order valence-corrected chi connectivity index (χ3v) is 5.97. The number of benzene rings is 2. The molecule has 2 atom stereocenters. The van der Waals surface area contributed by atoms with E-state index in [0.717, 1.165) is 24.6 Å². The Morgan fingerprint density at radius 2 is 1.70 bits per heavy atom. The maximum atomic E-state index is 12.8. The summed E-state index contributed by atoms with van der Waals surface area (Å²) >= 11 is 0. The molecule has 7 nitrogen and oxygen atoms in total. The molecule has 0 bridgehead atoms. The van der Waals surface area contributed by atoms with E-state index in [0.29, 0.717) is 6.07 Å². The Bertz CT molecular complexity index is 1090. The Kier molecular flexibility index (Phi) is 5.75. The molecule has 11 heteroatoms. The van der Waals surface area contributed by atoms with E-state index >= 15 is 0 Å². The second kappa shape index (κ2) is 7.98. The van der Waals surface area contributed by atoms with Crippen LogP contribution in [-0.4, -0.2) is 20.2 Å². The van der Waals surface area contributed by atoms with Crippen LogP contribution in [0.3, 0.4) is 0 Å². The summed E-state index contributed by atoms with van der Waals surface area (Å²) in [5.74, 6) is -0.968. The number of amides is 2. The second-order valence-corrected chi connectivity index (χ2v) is 8.66. The molecule has 0 heterocycles. The molecular weight excluding hydrogens is 423 g/mol. The molecule has 0 aliphatic heterocycles. The predicted molar refractivity (Wildman–Crippen MR) is 102 cm³/mol. The largest absolute Gasteiger partial charge is 0.416 e.